The average Bonchev–Trinajstić information content (AvgIpc) is 3.49. The Balaban J connectivity index is 1.36. The third kappa shape index (κ3) is 4.61. The minimum atomic E-state index is -3.24. The molecule has 0 bridgehead atoms. The van der Waals surface area contributed by atoms with Gasteiger partial charge < -0.3 is 14.4 Å². The fourth-order valence-electron chi connectivity index (χ4n) is 3.88. The second-order valence-electron chi connectivity index (χ2n) is 7.88. The molecule has 12 heteroatoms. The normalized spacial score (nSPS) is 16.1. The first-order valence-electron chi connectivity index (χ1n) is 10.7. The molecule has 3 aromatic rings. The van der Waals surface area contributed by atoms with Gasteiger partial charge in [-0.3, -0.25) is 9.36 Å². The lowest BCUT2D eigenvalue weighted by molar-refractivity contribution is -0.129. The number of rotatable bonds is 6. The number of hydrogen-bond acceptors (Lipinski definition) is 8. The van der Waals surface area contributed by atoms with Crippen LogP contribution >= 0.6 is 11.8 Å². The Hall–Kier alpha value is -3.09. The maximum absolute atomic E-state index is 12.8. The van der Waals surface area contributed by atoms with E-state index in [2.05, 4.69) is 10.2 Å². The standard InChI is InChI=1S/C22H23N5O5S2/c1-34(29,30)26-11-9-25(10-12-26)20(28)14-33-22-24-23-21(27(22)17-5-3-2-4-6-17)16-7-8-18-19(13-16)32-15-31-18/h2-8,13H,9-12,14-15H2,1H3. The molecule has 0 atom stereocenters. The minimum Gasteiger partial charge on any atom is -0.454 e. The number of thioether (sulfide) groups is 1. The van der Waals surface area contributed by atoms with Crippen LogP contribution in [0.3, 0.4) is 0 Å². The Labute approximate surface area is 201 Å². The number of benzene rings is 2. The summed E-state index contributed by atoms with van der Waals surface area (Å²) < 4.78 is 37.7. The molecular formula is C22H23N5O5S2. The summed E-state index contributed by atoms with van der Waals surface area (Å²) in [5, 5.41) is 9.37. The third-order valence-electron chi connectivity index (χ3n) is 5.66. The zero-order valence-electron chi connectivity index (χ0n) is 18.5. The maximum atomic E-state index is 12.8. The van der Waals surface area contributed by atoms with Crippen LogP contribution in [-0.2, 0) is 14.8 Å². The SMILES string of the molecule is CS(=O)(=O)N1CCN(C(=O)CSc2nnc(-c3ccc4c(c3)OCO4)n2-c2ccccc2)CC1. The van der Waals surface area contributed by atoms with E-state index in [9.17, 15) is 13.2 Å². The van der Waals surface area contributed by atoms with Crippen LogP contribution in [0.1, 0.15) is 0 Å². The highest BCUT2D eigenvalue weighted by Crippen LogP contribution is 2.37. The number of carbonyl (C=O) groups excluding carboxylic acids is 1. The molecule has 2 aromatic carbocycles. The van der Waals surface area contributed by atoms with Crippen LogP contribution < -0.4 is 9.47 Å². The van der Waals surface area contributed by atoms with Crippen LogP contribution in [0.4, 0.5) is 0 Å². The Morgan fingerprint density at radius 2 is 1.74 bits per heavy atom. The number of fused-ring (bicyclic) bond motifs is 1. The molecule has 2 aliphatic rings. The largest absolute Gasteiger partial charge is 0.454 e. The van der Waals surface area contributed by atoms with Gasteiger partial charge in [0.2, 0.25) is 22.7 Å². The number of hydrogen-bond donors (Lipinski definition) is 0. The lowest BCUT2D eigenvalue weighted by Gasteiger charge is -2.33. The van der Waals surface area contributed by atoms with Crippen LogP contribution in [0.5, 0.6) is 11.5 Å². The first-order chi connectivity index (χ1) is 16.4. The van der Waals surface area contributed by atoms with E-state index >= 15 is 0 Å². The van der Waals surface area contributed by atoms with Crippen molar-refractivity contribution >= 4 is 27.7 Å². The van der Waals surface area contributed by atoms with Crippen molar-refractivity contribution < 1.29 is 22.7 Å². The summed E-state index contributed by atoms with van der Waals surface area (Å²) in [6.07, 6.45) is 1.19. The highest BCUT2D eigenvalue weighted by Gasteiger charge is 2.27. The molecule has 34 heavy (non-hydrogen) atoms. The number of amides is 1. The number of piperazine rings is 1. The zero-order valence-corrected chi connectivity index (χ0v) is 20.1. The molecule has 1 saturated heterocycles. The number of para-hydroxylation sites is 1. The minimum absolute atomic E-state index is 0.0645. The van der Waals surface area contributed by atoms with Gasteiger partial charge in [0.25, 0.3) is 0 Å². The quantitative estimate of drug-likeness (QED) is 0.471. The van der Waals surface area contributed by atoms with Crippen molar-refractivity contribution in [3.63, 3.8) is 0 Å². The molecule has 0 spiro atoms. The molecule has 0 N–H and O–H groups in total. The van der Waals surface area contributed by atoms with E-state index in [-0.39, 0.29) is 18.5 Å². The fourth-order valence-corrected chi connectivity index (χ4v) is 5.56. The van der Waals surface area contributed by atoms with Crippen molar-refractivity contribution in [3.8, 4) is 28.6 Å². The van der Waals surface area contributed by atoms with E-state index in [1.165, 1.54) is 22.3 Å². The van der Waals surface area contributed by atoms with E-state index in [0.717, 1.165) is 11.3 Å². The summed E-state index contributed by atoms with van der Waals surface area (Å²) >= 11 is 1.30. The second-order valence-corrected chi connectivity index (χ2v) is 10.8. The summed E-state index contributed by atoms with van der Waals surface area (Å²) in [5.74, 6) is 2.07. The van der Waals surface area contributed by atoms with Gasteiger partial charge in [-0.25, -0.2) is 8.42 Å². The van der Waals surface area contributed by atoms with Gasteiger partial charge in [-0.15, -0.1) is 10.2 Å². The molecule has 0 aliphatic carbocycles. The van der Waals surface area contributed by atoms with Gasteiger partial charge >= 0.3 is 0 Å². The predicted molar refractivity (Wildman–Crippen MR) is 127 cm³/mol. The van der Waals surface area contributed by atoms with Gasteiger partial charge in [-0.1, -0.05) is 30.0 Å². The van der Waals surface area contributed by atoms with Crippen LogP contribution in [0.15, 0.2) is 53.7 Å². The Morgan fingerprint density at radius 3 is 2.47 bits per heavy atom. The number of ether oxygens (including phenoxy) is 2. The highest BCUT2D eigenvalue weighted by atomic mass is 32.2. The highest BCUT2D eigenvalue weighted by molar-refractivity contribution is 7.99. The van der Waals surface area contributed by atoms with Gasteiger partial charge in [0.05, 0.1) is 12.0 Å². The first kappa shape index (κ1) is 22.7. The van der Waals surface area contributed by atoms with Crippen LogP contribution in [0.25, 0.3) is 17.1 Å². The predicted octanol–water partition coefficient (Wildman–Crippen LogP) is 1.86. The molecule has 2 aliphatic heterocycles. The lowest BCUT2D eigenvalue weighted by Crippen LogP contribution is -2.50. The maximum Gasteiger partial charge on any atom is 0.233 e. The van der Waals surface area contributed by atoms with Crippen molar-refractivity contribution in [3.05, 3.63) is 48.5 Å². The van der Waals surface area contributed by atoms with E-state index in [0.29, 0.717) is 48.7 Å². The molecule has 1 amide bonds. The summed E-state index contributed by atoms with van der Waals surface area (Å²) in [5.41, 5.74) is 1.69. The summed E-state index contributed by atoms with van der Waals surface area (Å²) in [4.78, 5) is 14.5. The number of sulfonamides is 1. The summed E-state index contributed by atoms with van der Waals surface area (Å²) in [6, 6.07) is 15.3. The first-order valence-corrected chi connectivity index (χ1v) is 13.5. The molecule has 5 rings (SSSR count). The molecule has 10 nitrogen and oxygen atoms in total. The Morgan fingerprint density at radius 1 is 1.00 bits per heavy atom. The lowest BCUT2D eigenvalue weighted by atomic mass is 10.2. The fraction of sp³-hybridized carbons (Fsp3) is 0.318. The van der Waals surface area contributed by atoms with E-state index < -0.39 is 10.0 Å². The van der Waals surface area contributed by atoms with Crippen molar-refractivity contribution in [2.45, 2.75) is 5.16 Å². The molecular weight excluding hydrogens is 478 g/mol. The third-order valence-corrected chi connectivity index (χ3v) is 7.88. The van der Waals surface area contributed by atoms with Crippen LogP contribution in [-0.4, -0.2) is 83.3 Å². The van der Waals surface area contributed by atoms with Crippen LogP contribution in [0, 0.1) is 0 Å². The van der Waals surface area contributed by atoms with Gasteiger partial charge in [-0.05, 0) is 30.3 Å². The molecule has 0 radical (unpaired) electrons. The summed E-state index contributed by atoms with van der Waals surface area (Å²) in [7, 11) is -3.24. The van der Waals surface area contributed by atoms with Crippen LogP contribution in [0.2, 0.25) is 0 Å². The molecule has 3 heterocycles. The molecule has 1 fully saturated rings. The molecule has 1 aromatic heterocycles. The number of aromatic nitrogens is 3. The Bertz CT molecular complexity index is 1300. The van der Waals surface area contributed by atoms with Gasteiger partial charge in [-0.2, -0.15) is 4.31 Å². The molecule has 178 valence electrons. The second kappa shape index (κ2) is 9.28. The number of nitrogens with zero attached hydrogens (tertiary/aromatic N) is 5. The van der Waals surface area contributed by atoms with Gasteiger partial charge in [0.15, 0.2) is 22.5 Å². The average molecular weight is 502 g/mol. The number of carbonyl (C=O) groups is 1. The van der Waals surface area contributed by atoms with E-state index in [1.54, 1.807) is 4.90 Å². The smallest absolute Gasteiger partial charge is 0.233 e. The van der Waals surface area contributed by atoms with Crippen molar-refractivity contribution in [2.24, 2.45) is 0 Å². The van der Waals surface area contributed by atoms with Crippen molar-refractivity contribution in [1.82, 2.24) is 24.0 Å². The zero-order chi connectivity index (χ0) is 23.7. The van der Waals surface area contributed by atoms with Crippen molar-refractivity contribution in [1.29, 1.82) is 0 Å². The Kier molecular flexibility index (Phi) is 6.19. The van der Waals surface area contributed by atoms with E-state index in [4.69, 9.17) is 9.47 Å². The van der Waals surface area contributed by atoms with Gasteiger partial charge in [0.1, 0.15) is 0 Å². The van der Waals surface area contributed by atoms with E-state index in [1.807, 2.05) is 53.1 Å². The van der Waals surface area contributed by atoms with Crippen molar-refractivity contribution in [2.75, 3.05) is 45.0 Å². The molecule has 0 saturated carbocycles. The molecule has 0 unspecified atom stereocenters. The van der Waals surface area contributed by atoms with Gasteiger partial charge in [0, 0.05) is 37.4 Å². The summed E-state index contributed by atoms with van der Waals surface area (Å²) in [6.45, 7) is 1.56. The topological polar surface area (TPSA) is 107 Å². The monoisotopic (exact) mass is 501 g/mol.